The molecule has 0 aromatic carbocycles. The highest BCUT2D eigenvalue weighted by atomic mass is 32.3. The molecule has 14 heavy (non-hydrogen) atoms. The van der Waals surface area contributed by atoms with Gasteiger partial charge in [0, 0.05) is 12.4 Å². The van der Waals surface area contributed by atoms with Crippen LogP contribution >= 0.6 is 0 Å². The van der Waals surface area contributed by atoms with Crippen LogP contribution in [-0.2, 0) is 10.4 Å². The van der Waals surface area contributed by atoms with E-state index in [9.17, 15) is 4.79 Å². The van der Waals surface area contributed by atoms with Gasteiger partial charge >= 0.3 is 10.4 Å². The van der Waals surface area contributed by atoms with Crippen molar-refractivity contribution in [1.82, 2.24) is 9.97 Å². The standard InChI is InChI=1S/C5H5N3O.H2O4S/c6-5(9)4-1-7-3-8-2-4;1-5(2,3)4/h1-3H,(H2,6,9);(H2,1,2,3,4). The molecule has 0 atom stereocenters. The summed E-state index contributed by atoms with van der Waals surface area (Å²) in [6, 6.07) is 0. The third-order valence-electron chi connectivity index (χ3n) is 0.845. The number of primary amides is 1. The van der Waals surface area contributed by atoms with E-state index in [1.807, 2.05) is 0 Å². The minimum Gasteiger partial charge on any atom is -0.366 e. The molecule has 0 spiro atoms. The largest absolute Gasteiger partial charge is 0.394 e. The zero-order valence-corrected chi connectivity index (χ0v) is 7.55. The van der Waals surface area contributed by atoms with Gasteiger partial charge in [-0.2, -0.15) is 8.42 Å². The van der Waals surface area contributed by atoms with Crippen molar-refractivity contribution in [1.29, 1.82) is 0 Å². The first-order chi connectivity index (χ1) is 6.30. The first kappa shape index (κ1) is 12.4. The Labute approximate surface area is 79.4 Å². The maximum absolute atomic E-state index is 10.3. The number of hydrogen-bond donors (Lipinski definition) is 3. The van der Waals surface area contributed by atoms with E-state index in [1.54, 1.807) is 0 Å². The minimum atomic E-state index is -4.67. The van der Waals surface area contributed by atoms with Gasteiger partial charge in [0.05, 0.1) is 5.56 Å². The second-order valence-corrected chi connectivity index (χ2v) is 2.83. The molecule has 0 aliphatic heterocycles. The second-order valence-electron chi connectivity index (χ2n) is 1.94. The molecule has 78 valence electrons. The van der Waals surface area contributed by atoms with Crippen molar-refractivity contribution in [2.45, 2.75) is 0 Å². The number of carbonyl (C=O) groups is 1. The number of hydrogen-bond acceptors (Lipinski definition) is 5. The molecule has 0 aliphatic rings. The third-order valence-corrected chi connectivity index (χ3v) is 0.845. The maximum atomic E-state index is 10.3. The van der Waals surface area contributed by atoms with Crippen molar-refractivity contribution in [3.05, 3.63) is 24.3 Å². The number of rotatable bonds is 1. The molecule has 9 heteroatoms. The Kier molecular flexibility index (Phi) is 4.63. The summed E-state index contributed by atoms with van der Waals surface area (Å²) in [6.45, 7) is 0. The van der Waals surface area contributed by atoms with Crippen LogP contribution in [0.3, 0.4) is 0 Å². The lowest BCUT2D eigenvalue weighted by atomic mass is 10.3. The minimum absolute atomic E-state index is 0.331. The zero-order valence-electron chi connectivity index (χ0n) is 6.73. The zero-order chi connectivity index (χ0) is 11.2. The Balaban J connectivity index is 0.000000292. The van der Waals surface area contributed by atoms with E-state index in [-0.39, 0.29) is 0 Å². The lowest BCUT2D eigenvalue weighted by molar-refractivity contribution is 0.0999. The van der Waals surface area contributed by atoms with E-state index in [1.165, 1.54) is 18.7 Å². The van der Waals surface area contributed by atoms with Crippen LogP contribution in [0.1, 0.15) is 10.4 Å². The molecular formula is C5H7N3O5S. The fraction of sp³-hybridized carbons (Fsp3) is 0. The monoisotopic (exact) mass is 221 g/mol. The Morgan fingerprint density at radius 3 is 1.86 bits per heavy atom. The van der Waals surface area contributed by atoms with Crippen LogP contribution in [0.4, 0.5) is 0 Å². The summed E-state index contributed by atoms with van der Waals surface area (Å²) in [4.78, 5) is 17.5. The molecule has 1 amide bonds. The fourth-order valence-electron chi connectivity index (χ4n) is 0.426. The van der Waals surface area contributed by atoms with E-state index in [4.69, 9.17) is 23.3 Å². The van der Waals surface area contributed by atoms with Crippen LogP contribution in [0.5, 0.6) is 0 Å². The first-order valence-corrected chi connectivity index (χ1v) is 4.45. The normalized spacial score (nSPS) is 9.86. The van der Waals surface area contributed by atoms with E-state index >= 15 is 0 Å². The van der Waals surface area contributed by atoms with Crippen LogP contribution in [0.2, 0.25) is 0 Å². The molecule has 0 saturated heterocycles. The van der Waals surface area contributed by atoms with Crippen LogP contribution < -0.4 is 5.73 Å². The van der Waals surface area contributed by atoms with Crippen LogP contribution in [0.25, 0.3) is 0 Å². The van der Waals surface area contributed by atoms with E-state index in [0.717, 1.165) is 0 Å². The molecule has 0 aliphatic carbocycles. The van der Waals surface area contributed by atoms with Gasteiger partial charge in [-0.15, -0.1) is 0 Å². The molecule has 0 saturated carbocycles. The predicted octanol–water partition coefficient (Wildman–Crippen LogP) is -1.08. The van der Waals surface area contributed by atoms with Crippen molar-refractivity contribution in [3.8, 4) is 0 Å². The van der Waals surface area contributed by atoms with Crippen molar-refractivity contribution in [3.63, 3.8) is 0 Å². The van der Waals surface area contributed by atoms with E-state index in [2.05, 4.69) is 9.97 Å². The third kappa shape index (κ3) is 8.52. The molecule has 0 unspecified atom stereocenters. The highest BCUT2D eigenvalue weighted by molar-refractivity contribution is 7.79. The van der Waals surface area contributed by atoms with Crippen molar-refractivity contribution >= 4 is 16.3 Å². The number of amides is 1. The van der Waals surface area contributed by atoms with Crippen LogP contribution in [-0.4, -0.2) is 33.4 Å². The van der Waals surface area contributed by atoms with Crippen molar-refractivity contribution < 1.29 is 22.3 Å². The fourth-order valence-corrected chi connectivity index (χ4v) is 0.426. The summed E-state index contributed by atoms with van der Waals surface area (Å²) in [6.07, 6.45) is 4.08. The van der Waals surface area contributed by atoms with E-state index < -0.39 is 16.3 Å². The molecule has 8 nitrogen and oxygen atoms in total. The molecule has 1 rings (SSSR count). The van der Waals surface area contributed by atoms with Gasteiger partial charge in [-0.25, -0.2) is 9.97 Å². The summed E-state index contributed by atoms with van der Waals surface area (Å²) < 4.78 is 31.6. The van der Waals surface area contributed by atoms with Crippen LogP contribution in [0.15, 0.2) is 18.7 Å². The first-order valence-electron chi connectivity index (χ1n) is 3.05. The maximum Gasteiger partial charge on any atom is 0.394 e. The van der Waals surface area contributed by atoms with Gasteiger partial charge in [0.1, 0.15) is 6.33 Å². The smallest absolute Gasteiger partial charge is 0.366 e. The van der Waals surface area contributed by atoms with E-state index in [0.29, 0.717) is 5.56 Å². The lowest BCUT2D eigenvalue weighted by Gasteiger charge is -1.88. The Hall–Kier alpha value is -1.58. The molecule has 1 heterocycles. The number of nitrogens with zero attached hydrogens (tertiary/aromatic N) is 2. The summed E-state index contributed by atoms with van der Waals surface area (Å²) in [5, 5.41) is 0. The Morgan fingerprint density at radius 2 is 1.64 bits per heavy atom. The molecule has 0 radical (unpaired) electrons. The SMILES string of the molecule is NC(=O)c1cncnc1.O=S(=O)(O)O. The van der Waals surface area contributed by atoms with Gasteiger partial charge in [-0.1, -0.05) is 0 Å². The summed E-state index contributed by atoms with van der Waals surface area (Å²) in [5.41, 5.74) is 5.23. The molecule has 0 fully saturated rings. The number of carbonyl (C=O) groups excluding carboxylic acids is 1. The number of nitrogens with two attached hydrogens (primary N) is 1. The quantitative estimate of drug-likeness (QED) is 0.511. The van der Waals surface area contributed by atoms with Gasteiger partial charge in [0.25, 0.3) is 5.91 Å². The second kappa shape index (κ2) is 5.21. The number of aromatic nitrogens is 2. The van der Waals surface area contributed by atoms with Crippen molar-refractivity contribution in [2.75, 3.05) is 0 Å². The van der Waals surface area contributed by atoms with Gasteiger partial charge < -0.3 is 5.73 Å². The van der Waals surface area contributed by atoms with Gasteiger partial charge in [-0.05, 0) is 0 Å². The highest BCUT2D eigenvalue weighted by Crippen LogP contribution is 1.87. The molecular weight excluding hydrogens is 214 g/mol. The highest BCUT2D eigenvalue weighted by Gasteiger charge is 1.96. The summed E-state index contributed by atoms with van der Waals surface area (Å²) >= 11 is 0. The molecule has 1 aromatic rings. The average Bonchev–Trinajstić information content (AvgIpc) is 2.03. The van der Waals surface area contributed by atoms with Gasteiger partial charge in [0.15, 0.2) is 0 Å². The Bertz CT molecular complexity index is 381. The lowest BCUT2D eigenvalue weighted by Crippen LogP contribution is -2.11. The Morgan fingerprint density at radius 1 is 1.29 bits per heavy atom. The van der Waals surface area contributed by atoms with Gasteiger partial charge in [0.2, 0.25) is 0 Å². The summed E-state index contributed by atoms with van der Waals surface area (Å²) in [5.74, 6) is -0.504. The molecule has 0 bridgehead atoms. The molecule has 4 N–H and O–H groups in total. The molecule has 1 aromatic heterocycles. The summed E-state index contributed by atoms with van der Waals surface area (Å²) in [7, 11) is -4.67. The predicted molar refractivity (Wildman–Crippen MR) is 44.7 cm³/mol. The topological polar surface area (TPSA) is 143 Å². The van der Waals surface area contributed by atoms with Crippen LogP contribution in [0, 0.1) is 0 Å². The van der Waals surface area contributed by atoms with Crippen molar-refractivity contribution in [2.24, 2.45) is 5.73 Å². The van der Waals surface area contributed by atoms with Gasteiger partial charge in [-0.3, -0.25) is 13.9 Å². The average molecular weight is 221 g/mol.